The van der Waals surface area contributed by atoms with Crippen LogP contribution in [-0.4, -0.2) is 20.8 Å². The average molecular weight is 423 g/mol. The van der Waals surface area contributed by atoms with Crippen LogP contribution < -0.4 is 10.4 Å². The van der Waals surface area contributed by atoms with E-state index in [9.17, 15) is 9.59 Å². The van der Waals surface area contributed by atoms with Gasteiger partial charge in [0, 0.05) is 11.1 Å². The van der Waals surface area contributed by atoms with Crippen molar-refractivity contribution in [1.29, 1.82) is 0 Å². The van der Waals surface area contributed by atoms with Crippen molar-refractivity contribution in [3.05, 3.63) is 107 Å². The second-order valence-corrected chi connectivity index (χ2v) is 7.13. The van der Waals surface area contributed by atoms with Gasteiger partial charge in [-0.05, 0) is 19.1 Å². The SMILES string of the molecule is Cc1onc(-c2ccccc2)c1C(=O)On1c(-c2ccccc2)nc2ccccc2c1=O. The van der Waals surface area contributed by atoms with Gasteiger partial charge in [-0.2, -0.15) is 0 Å². The van der Waals surface area contributed by atoms with E-state index < -0.39 is 11.5 Å². The third-order valence-electron chi connectivity index (χ3n) is 5.06. The standard InChI is InChI=1S/C25H17N3O4/c1-16-21(22(27-31-16)17-10-4-2-5-11-17)25(30)32-28-23(18-12-6-3-7-13-18)26-20-15-9-8-14-19(20)24(28)29/h2-15H,1H3. The van der Waals surface area contributed by atoms with Crippen LogP contribution in [0.25, 0.3) is 33.5 Å². The summed E-state index contributed by atoms with van der Waals surface area (Å²) in [7, 11) is 0. The highest BCUT2D eigenvalue weighted by molar-refractivity contribution is 5.97. The molecule has 2 heterocycles. The molecule has 0 atom stereocenters. The molecular formula is C25H17N3O4. The minimum absolute atomic E-state index is 0.148. The average Bonchev–Trinajstić information content (AvgIpc) is 3.23. The fourth-order valence-electron chi connectivity index (χ4n) is 3.50. The molecule has 0 saturated heterocycles. The second kappa shape index (κ2) is 7.96. The summed E-state index contributed by atoms with van der Waals surface area (Å²) in [6, 6.07) is 25.1. The van der Waals surface area contributed by atoms with Gasteiger partial charge in [-0.25, -0.2) is 9.78 Å². The molecule has 7 heteroatoms. The third kappa shape index (κ3) is 3.35. The number of nitrogens with zero attached hydrogens (tertiary/aromatic N) is 3. The summed E-state index contributed by atoms with van der Waals surface area (Å²) in [5, 5.41) is 4.36. The van der Waals surface area contributed by atoms with E-state index in [-0.39, 0.29) is 17.1 Å². The minimum atomic E-state index is -0.765. The zero-order valence-electron chi connectivity index (χ0n) is 17.1. The largest absolute Gasteiger partial charge is 0.369 e. The van der Waals surface area contributed by atoms with Gasteiger partial charge in [0.2, 0.25) is 0 Å². The van der Waals surface area contributed by atoms with Gasteiger partial charge in [0.05, 0.1) is 10.9 Å². The predicted octanol–water partition coefficient (Wildman–Crippen LogP) is 4.30. The normalized spacial score (nSPS) is 10.9. The van der Waals surface area contributed by atoms with E-state index in [1.807, 2.05) is 48.5 Å². The van der Waals surface area contributed by atoms with Crippen molar-refractivity contribution < 1.29 is 14.2 Å². The summed E-state index contributed by atoms with van der Waals surface area (Å²) < 4.78 is 6.20. The highest BCUT2D eigenvalue weighted by atomic mass is 16.7. The van der Waals surface area contributed by atoms with E-state index in [0.29, 0.717) is 27.7 Å². The first-order valence-corrected chi connectivity index (χ1v) is 9.95. The number of hydrogen-bond donors (Lipinski definition) is 0. The van der Waals surface area contributed by atoms with Crippen LogP contribution in [0, 0.1) is 6.92 Å². The van der Waals surface area contributed by atoms with Crippen LogP contribution in [-0.2, 0) is 0 Å². The van der Waals surface area contributed by atoms with E-state index in [0.717, 1.165) is 4.73 Å². The lowest BCUT2D eigenvalue weighted by molar-refractivity contribution is 0.0448. The van der Waals surface area contributed by atoms with Crippen LogP contribution in [0.3, 0.4) is 0 Å². The van der Waals surface area contributed by atoms with Crippen LogP contribution in [0.4, 0.5) is 0 Å². The molecule has 5 aromatic rings. The van der Waals surface area contributed by atoms with Crippen molar-refractivity contribution in [2.75, 3.05) is 0 Å². The number of hydrogen-bond acceptors (Lipinski definition) is 6. The molecule has 0 aliphatic carbocycles. The van der Waals surface area contributed by atoms with Crippen LogP contribution >= 0.6 is 0 Å². The van der Waals surface area contributed by atoms with Gasteiger partial charge in [0.1, 0.15) is 17.0 Å². The molecule has 3 aromatic carbocycles. The molecule has 0 radical (unpaired) electrons. The van der Waals surface area contributed by atoms with E-state index in [2.05, 4.69) is 10.1 Å². The molecule has 7 nitrogen and oxygen atoms in total. The maximum absolute atomic E-state index is 13.3. The van der Waals surface area contributed by atoms with E-state index in [1.54, 1.807) is 43.3 Å². The molecule has 0 bridgehead atoms. The van der Waals surface area contributed by atoms with Gasteiger partial charge < -0.3 is 9.36 Å². The Bertz CT molecular complexity index is 1490. The first-order valence-electron chi connectivity index (χ1n) is 9.95. The van der Waals surface area contributed by atoms with Crippen molar-refractivity contribution in [3.63, 3.8) is 0 Å². The minimum Gasteiger partial charge on any atom is -0.360 e. The lowest BCUT2D eigenvalue weighted by atomic mass is 10.1. The molecule has 2 aromatic heterocycles. The fourth-order valence-corrected chi connectivity index (χ4v) is 3.50. The quantitative estimate of drug-likeness (QED) is 0.428. The van der Waals surface area contributed by atoms with E-state index in [4.69, 9.17) is 9.36 Å². The molecule has 0 aliphatic rings. The summed E-state index contributed by atoms with van der Waals surface area (Å²) in [5.74, 6) is -0.256. The van der Waals surface area contributed by atoms with Gasteiger partial charge >= 0.3 is 5.97 Å². The number of benzene rings is 3. The number of carbonyl (C=O) groups is 1. The van der Waals surface area contributed by atoms with Gasteiger partial charge in [0.25, 0.3) is 5.56 Å². The van der Waals surface area contributed by atoms with Crippen LogP contribution in [0.15, 0.2) is 94.2 Å². The Balaban J connectivity index is 1.66. The molecule has 156 valence electrons. The summed E-state index contributed by atoms with van der Waals surface area (Å²) in [4.78, 5) is 36.7. The topological polar surface area (TPSA) is 87.2 Å². The fraction of sp³-hybridized carbons (Fsp3) is 0.0400. The molecule has 0 saturated carbocycles. The van der Waals surface area contributed by atoms with Crippen molar-refractivity contribution in [2.45, 2.75) is 6.92 Å². The molecule has 0 unspecified atom stereocenters. The first kappa shape index (κ1) is 19.4. The predicted molar refractivity (Wildman–Crippen MR) is 119 cm³/mol. The molecule has 0 N–H and O–H groups in total. The lowest BCUT2D eigenvalue weighted by Crippen LogP contribution is -2.33. The first-order chi connectivity index (χ1) is 15.6. The number of carbonyl (C=O) groups excluding carboxylic acids is 1. The number of fused-ring (bicyclic) bond motifs is 1. The number of aromatic nitrogens is 3. The van der Waals surface area contributed by atoms with Crippen molar-refractivity contribution in [1.82, 2.24) is 14.9 Å². The van der Waals surface area contributed by atoms with Crippen molar-refractivity contribution in [3.8, 4) is 22.6 Å². The van der Waals surface area contributed by atoms with Gasteiger partial charge in [-0.3, -0.25) is 4.79 Å². The van der Waals surface area contributed by atoms with Crippen LogP contribution in [0.5, 0.6) is 0 Å². The number of aryl methyl sites for hydroxylation is 1. The highest BCUT2D eigenvalue weighted by Gasteiger charge is 2.26. The lowest BCUT2D eigenvalue weighted by Gasteiger charge is -2.13. The molecule has 0 spiro atoms. The zero-order valence-corrected chi connectivity index (χ0v) is 17.1. The van der Waals surface area contributed by atoms with Gasteiger partial charge in [0.15, 0.2) is 5.82 Å². The third-order valence-corrected chi connectivity index (χ3v) is 5.06. The highest BCUT2D eigenvalue weighted by Crippen LogP contribution is 2.26. The zero-order chi connectivity index (χ0) is 22.1. The summed E-state index contributed by atoms with van der Waals surface area (Å²) in [6.07, 6.45) is 0. The maximum atomic E-state index is 13.3. The Kier molecular flexibility index (Phi) is 4.84. The summed E-state index contributed by atoms with van der Waals surface area (Å²) >= 11 is 0. The van der Waals surface area contributed by atoms with Gasteiger partial charge in [-0.15, -0.1) is 4.73 Å². The van der Waals surface area contributed by atoms with Crippen LogP contribution in [0.1, 0.15) is 16.1 Å². The number of para-hydroxylation sites is 1. The molecular weight excluding hydrogens is 406 g/mol. The Hall–Kier alpha value is -4.52. The van der Waals surface area contributed by atoms with Crippen molar-refractivity contribution >= 4 is 16.9 Å². The number of rotatable bonds is 4. The Morgan fingerprint density at radius 1 is 0.875 bits per heavy atom. The maximum Gasteiger partial charge on any atom is 0.369 e. The molecule has 0 fully saturated rings. The molecule has 0 aliphatic heterocycles. The summed E-state index contributed by atoms with van der Waals surface area (Å²) in [6.45, 7) is 1.62. The smallest absolute Gasteiger partial charge is 0.360 e. The molecule has 0 amide bonds. The molecule has 5 rings (SSSR count). The Morgan fingerprint density at radius 2 is 1.50 bits per heavy atom. The van der Waals surface area contributed by atoms with E-state index in [1.165, 1.54) is 0 Å². The Morgan fingerprint density at radius 3 is 2.22 bits per heavy atom. The molecule has 32 heavy (non-hydrogen) atoms. The van der Waals surface area contributed by atoms with Crippen LogP contribution in [0.2, 0.25) is 0 Å². The monoisotopic (exact) mass is 423 g/mol. The summed E-state index contributed by atoms with van der Waals surface area (Å²) in [5.41, 5.74) is 1.84. The van der Waals surface area contributed by atoms with Crippen molar-refractivity contribution in [2.24, 2.45) is 0 Å². The van der Waals surface area contributed by atoms with E-state index >= 15 is 0 Å². The second-order valence-electron chi connectivity index (χ2n) is 7.13. The van der Waals surface area contributed by atoms with Gasteiger partial charge in [-0.1, -0.05) is 78.0 Å². The Labute approximate surface area is 182 Å².